The minimum absolute atomic E-state index is 0.0755. The molecule has 0 aliphatic carbocycles. The van der Waals surface area contributed by atoms with Gasteiger partial charge in [0.15, 0.2) is 0 Å². The Hall–Kier alpha value is -0.650. The Balaban J connectivity index is 2.43. The smallest absolute Gasteiger partial charge is 0.239 e. The second-order valence-corrected chi connectivity index (χ2v) is 4.15. The summed E-state index contributed by atoms with van der Waals surface area (Å²) >= 11 is 0. The van der Waals surface area contributed by atoms with Crippen molar-refractivity contribution in [3.05, 3.63) is 0 Å². The molecule has 5 nitrogen and oxygen atoms in total. The average molecular weight is 230 g/mol. The largest absolute Gasteiger partial charge is 0.389 e. The van der Waals surface area contributed by atoms with Crippen LogP contribution in [-0.4, -0.2) is 61.4 Å². The van der Waals surface area contributed by atoms with Crippen molar-refractivity contribution in [1.82, 2.24) is 10.2 Å². The van der Waals surface area contributed by atoms with Crippen LogP contribution in [0, 0.1) is 0 Å². The molecule has 0 aromatic carbocycles. The number of piperidine rings is 1. The van der Waals surface area contributed by atoms with Gasteiger partial charge in [0.25, 0.3) is 0 Å². The molecule has 2 atom stereocenters. The fourth-order valence-electron chi connectivity index (χ4n) is 2.06. The SMILES string of the molecule is CCNC1CCCN(CC(O)COC)C1=O. The maximum atomic E-state index is 12.0. The van der Waals surface area contributed by atoms with E-state index in [0.717, 1.165) is 25.9 Å². The van der Waals surface area contributed by atoms with E-state index in [0.29, 0.717) is 6.54 Å². The number of hydrogen-bond donors (Lipinski definition) is 2. The van der Waals surface area contributed by atoms with Crippen molar-refractivity contribution >= 4 is 5.91 Å². The highest BCUT2D eigenvalue weighted by Crippen LogP contribution is 2.12. The molecule has 0 aromatic rings. The summed E-state index contributed by atoms with van der Waals surface area (Å²) in [4.78, 5) is 13.7. The number of carbonyl (C=O) groups excluding carboxylic acids is 1. The quantitative estimate of drug-likeness (QED) is 0.651. The predicted octanol–water partition coefficient (Wildman–Crippen LogP) is -0.406. The van der Waals surface area contributed by atoms with Crippen LogP contribution >= 0.6 is 0 Å². The molecule has 0 saturated carbocycles. The molecule has 2 unspecified atom stereocenters. The van der Waals surface area contributed by atoms with E-state index in [1.54, 1.807) is 12.0 Å². The van der Waals surface area contributed by atoms with Crippen molar-refractivity contribution in [2.24, 2.45) is 0 Å². The van der Waals surface area contributed by atoms with Gasteiger partial charge in [-0.15, -0.1) is 0 Å². The monoisotopic (exact) mass is 230 g/mol. The molecule has 1 amide bonds. The zero-order chi connectivity index (χ0) is 12.0. The minimum atomic E-state index is -0.589. The van der Waals surface area contributed by atoms with Gasteiger partial charge in [0, 0.05) is 20.2 Å². The van der Waals surface area contributed by atoms with Crippen LogP contribution in [-0.2, 0) is 9.53 Å². The number of nitrogens with zero attached hydrogens (tertiary/aromatic N) is 1. The average Bonchev–Trinajstić information content (AvgIpc) is 2.24. The topological polar surface area (TPSA) is 61.8 Å². The lowest BCUT2D eigenvalue weighted by molar-refractivity contribution is -0.137. The Morgan fingerprint density at radius 2 is 2.44 bits per heavy atom. The molecular formula is C11H22N2O3. The Morgan fingerprint density at radius 1 is 1.69 bits per heavy atom. The summed E-state index contributed by atoms with van der Waals surface area (Å²) in [7, 11) is 1.54. The van der Waals surface area contributed by atoms with E-state index in [2.05, 4.69) is 5.32 Å². The summed E-state index contributed by atoms with van der Waals surface area (Å²) < 4.78 is 4.85. The Kier molecular flexibility index (Phi) is 5.73. The number of amides is 1. The number of likely N-dealkylation sites (N-methyl/N-ethyl adjacent to an activating group) is 1. The highest BCUT2D eigenvalue weighted by Gasteiger charge is 2.28. The third-order valence-electron chi connectivity index (χ3n) is 2.77. The van der Waals surface area contributed by atoms with Crippen LogP contribution < -0.4 is 5.32 Å². The van der Waals surface area contributed by atoms with Gasteiger partial charge in [-0.05, 0) is 19.4 Å². The lowest BCUT2D eigenvalue weighted by atomic mass is 10.0. The van der Waals surface area contributed by atoms with Crippen molar-refractivity contribution in [1.29, 1.82) is 0 Å². The molecule has 1 aliphatic heterocycles. The number of aliphatic hydroxyl groups excluding tert-OH is 1. The number of carbonyl (C=O) groups is 1. The van der Waals surface area contributed by atoms with Crippen LogP contribution in [0.5, 0.6) is 0 Å². The van der Waals surface area contributed by atoms with E-state index in [4.69, 9.17) is 4.74 Å². The second kappa shape index (κ2) is 6.83. The van der Waals surface area contributed by atoms with Gasteiger partial charge in [-0.25, -0.2) is 0 Å². The molecule has 1 rings (SSSR count). The van der Waals surface area contributed by atoms with Crippen molar-refractivity contribution in [2.45, 2.75) is 31.9 Å². The van der Waals surface area contributed by atoms with E-state index < -0.39 is 6.10 Å². The first kappa shape index (κ1) is 13.4. The van der Waals surface area contributed by atoms with Crippen LogP contribution in [0.1, 0.15) is 19.8 Å². The molecule has 16 heavy (non-hydrogen) atoms. The van der Waals surface area contributed by atoms with Gasteiger partial charge in [-0.3, -0.25) is 4.79 Å². The molecule has 1 aliphatic rings. The molecule has 1 saturated heterocycles. The first-order valence-electron chi connectivity index (χ1n) is 5.88. The van der Waals surface area contributed by atoms with Crippen molar-refractivity contribution in [3.8, 4) is 0 Å². The molecular weight excluding hydrogens is 208 g/mol. The third-order valence-corrected chi connectivity index (χ3v) is 2.77. The second-order valence-electron chi connectivity index (χ2n) is 4.15. The number of methoxy groups -OCH3 is 1. The molecule has 0 radical (unpaired) electrons. The number of β-amino-alcohol motifs (C(OH)–C–C–N with tert-alkyl or cyclic N) is 1. The number of ether oxygens (including phenoxy) is 1. The molecule has 1 heterocycles. The van der Waals surface area contributed by atoms with Crippen molar-refractivity contribution in [2.75, 3.05) is 33.4 Å². The van der Waals surface area contributed by atoms with E-state index in [1.807, 2.05) is 6.92 Å². The van der Waals surface area contributed by atoms with Crippen LogP contribution in [0.2, 0.25) is 0 Å². The summed E-state index contributed by atoms with van der Waals surface area (Å²) in [6.07, 6.45) is 1.29. The standard InChI is InChI=1S/C11H22N2O3/c1-3-12-10-5-4-6-13(11(10)15)7-9(14)8-16-2/h9-10,12,14H,3-8H2,1-2H3. The van der Waals surface area contributed by atoms with Crippen LogP contribution in [0.3, 0.4) is 0 Å². The van der Waals surface area contributed by atoms with Crippen LogP contribution in [0.25, 0.3) is 0 Å². The molecule has 0 spiro atoms. The number of hydrogen-bond acceptors (Lipinski definition) is 4. The van der Waals surface area contributed by atoms with E-state index in [9.17, 15) is 9.90 Å². The Labute approximate surface area is 96.8 Å². The summed E-state index contributed by atoms with van der Waals surface area (Å²) in [6, 6.07) is -0.0755. The van der Waals surface area contributed by atoms with Crippen molar-refractivity contribution in [3.63, 3.8) is 0 Å². The predicted molar refractivity (Wildman–Crippen MR) is 61.2 cm³/mol. The molecule has 1 fully saturated rings. The fourth-order valence-corrected chi connectivity index (χ4v) is 2.06. The van der Waals surface area contributed by atoms with Gasteiger partial charge in [0.2, 0.25) is 5.91 Å². The van der Waals surface area contributed by atoms with Gasteiger partial charge in [-0.2, -0.15) is 0 Å². The highest BCUT2D eigenvalue weighted by molar-refractivity contribution is 5.82. The van der Waals surface area contributed by atoms with E-state index in [1.165, 1.54) is 0 Å². The van der Waals surface area contributed by atoms with E-state index >= 15 is 0 Å². The van der Waals surface area contributed by atoms with E-state index in [-0.39, 0.29) is 18.6 Å². The van der Waals surface area contributed by atoms with Gasteiger partial charge >= 0.3 is 0 Å². The van der Waals surface area contributed by atoms with Gasteiger partial charge in [-0.1, -0.05) is 6.92 Å². The Morgan fingerprint density at radius 3 is 3.06 bits per heavy atom. The lowest BCUT2D eigenvalue weighted by Gasteiger charge is -2.33. The molecule has 0 aromatic heterocycles. The zero-order valence-corrected chi connectivity index (χ0v) is 10.1. The summed E-state index contributed by atoms with van der Waals surface area (Å²) in [6.45, 7) is 4.17. The van der Waals surface area contributed by atoms with Crippen LogP contribution in [0.4, 0.5) is 0 Å². The normalized spacial score (nSPS) is 23.6. The minimum Gasteiger partial charge on any atom is -0.389 e. The maximum absolute atomic E-state index is 12.0. The Bertz CT molecular complexity index is 221. The fraction of sp³-hybridized carbons (Fsp3) is 0.909. The number of nitrogens with one attached hydrogen (secondary N) is 1. The maximum Gasteiger partial charge on any atom is 0.239 e. The third kappa shape index (κ3) is 3.73. The van der Waals surface area contributed by atoms with Gasteiger partial charge in [0.1, 0.15) is 0 Å². The summed E-state index contributed by atoms with van der Waals surface area (Å²) in [5.74, 6) is 0.100. The highest BCUT2D eigenvalue weighted by atomic mass is 16.5. The van der Waals surface area contributed by atoms with Crippen LogP contribution in [0.15, 0.2) is 0 Å². The lowest BCUT2D eigenvalue weighted by Crippen LogP contribution is -2.52. The van der Waals surface area contributed by atoms with Crippen molar-refractivity contribution < 1.29 is 14.6 Å². The molecule has 0 bridgehead atoms. The number of rotatable bonds is 6. The van der Waals surface area contributed by atoms with Gasteiger partial charge in [0.05, 0.1) is 18.8 Å². The molecule has 5 heteroatoms. The summed E-state index contributed by atoms with van der Waals surface area (Å²) in [5.41, 5.74) is 0. The van der Waals surface area contributed by atoms with Gasteiger partial charge < -0.3 is 20.1 Å². The summed E-state index contributed by atoms with van der Waals surface area (Å²) in [5, 5.41) is 12.8. The zero-order valence-electron chi connectivity index (χ0n) is 10.1. The number of aliphatic hydroxyl groups is 1. The molecule has 2 N–H and O–H groups in total. The first-order chi connectivity index (χ1) is 7.69. The first-order valence-corrected chi connectivity index (χ1v) is 5.88. The molecule has 94 valence electrons. The number of likely N-dealkylation sites (tertiary alicyclic amines) is 1.